The van der Waals surface area contributed by atoms with Crippen LogP contribution in [0.1, 0.15) is 25.5 Å². The van der Waals surface area contributed by atoms with Crippen molar-refractivity contribution < 1.29 is 9.13 Å². The van der Waals surface area contributed by atoms with Gasteiger partial charge in [0.2, 0.25) is 0 Å². The standard InChI is InChI=1S/C13H14ClFN2O/c1-9(2)17-7-10(6-16-17)18-8-11-12(14)4-3-5-13(11)15/h3-7,9H,8H2,1-2H3. The zero-order valence-corrected chi connectivity index (χ0v) is 11.0. The maximum atomic E-state index is 13.5. The summed E-state index contributed by atoms with van der Waals surface area (Å²) in [5.41, 5.74) is 0.358. The van der Waals surface area contributed by atoms with E-state index in [0.717, 1.165) is 0 Å². The molecule has 0 aliphatic carbocycles. The van der Waals surface area contributed by atoms with Gasteiger partial charge in [0.1, 0.15) is 12.4 Å². The highest BCUT2D eigenvalue weighted by molar-refractivity contribution is 6.31. The average Bonchev–Trinajstić information content (AvgIpc) is 2.77. The van der Waals surface area contributed by atoms with Crippen LogP contribution in [-0.2, 0) is 6.61 Å². The molecule has 0 N–H and O–H groups in total. The molecule has 0 radical (unpaired) electrons. The molecule has 0 saturated carbocycles. The highest BCUT2D eigenvalue weighted by atomic mass is 35.5. The van der Waals surface area contributed by atoms with E-state index in [0.29, 0.717) is 16.3 Å². The van der Waals surface area contributed by atoms with Gasteiger partial charge in [-0.25, -0.2) is 4.39 Å². The maximum absolute atomic E-state index is 13.5. The Kier molecular flexibility index (Phi) is 3.87. The molecule has 2 rings (SSSR count). The summed E-state index contributed by atoms with van der Waals surface area (Å²) in [7, 11) is 0. The zero-order chi connectivity index (χ0) is 13.1. The molecular formula is C13H14ClFN2O. The van der Waals surface area contributed by atoms with Crippen molar-refractivity contribution >= 4 is 11.6 Å². The van der Waals surface area contributed by atoms with Crippen LogP contribution in [0.4, 0.5) is 4.39 Å². The first-order valence-corrected chi connectivity index (χ1v) is 6.05. The van der Waals surface area contributed by atoms with Gasteiger partial charge in [0, 0.05) is 11.6 Å². The molecule has 2 aromatic rings. The van der Waals surface area contributed by atoms with E-state index in [-0.39, 0.29) is 18.5 Å². The summed E-state index contributed by atoms with van der Waals surface area (Å²) >= 11 is 5.91. The third-order valence-corrected chi connectivity index (χ3v) is 2.91. The Morgan fingerprint density at radius 2 is 2.22 bits per heavy atom. The molecule has 3 nitrogen and oxygen atoms in total. The number of hydrogen-bond donors (Lipinski definition) is 0. The first-order valence-electron chi connectivity index (χ1n) is 5.67. The smallest absolute Gasteiger partial charge is 0.157 e. The van der Waals surface area contributed by atoms with Gasteiger partial charge in [0.05, 0.1) is 17.4 Å². The third kappa shape index (κ3) is 2.82. The van der Waals surface area contributed by atoms with Crippen LogP contribution < -0.4 is 4.74 Å². The quantitative estimate of drug-likeness (QED) is 0.842. The fourth-order valence-corrected chi connectivity index (χ4v) is 1.72. The maximum Gasteiger partial charge on any atom is 0.157 e. The molecule has 0 atom stereocenters. The second-order valence-corrected chi connectivity index (χ2v) is 4.65. The van der Waals surface area contributed by atoms with Crippen LogP contribution in [-0.4, -0.2) is 9.78 Å². The van der Waals surface area contributed by atoms with Gasteiger partial charge in [-0.2, -0.15) is 5.10 Å². The zero-order valence-electron chi connectivity index (χ0n) is 10.2. The lowest BCUT2D eigenvalue weighted by atomic mass is 10.2. The van der Waals surface area contributed by atoms with E-state index in [1.54, 1.807) is 29.2 Å². The van der Waals surface area contributed by atoms with Crippen molar-refractivity contribution in [2.24, 2.45) is 0 Å². The Labute approximate surface area is 110 Å². The van der Waals surface area contributed by atoms with Gasteiger partial charge in [0.25, 0.3) is 0 Å². The van der Waals surface area contributed by atoms with Crippen LogP contribution >= 0.6 is 11.6 Å². The summed E-state index contributed by atoms with van der Waals surface area (Å²) in [6, 6.07) is 4.83. The van der Waals surface area contributed by atoms with Crippen molar-refractivity contribution in [2.45, 2.75) is 26.5 Å². The van der Waals surface area contributed by atoms with E-state index >= 15 is 0 Å². The minimum absolute atomic E-state index is 0.0926. The van der Waals surface area contributed by atoms with Crippen molar-refractivity contribution in [1.29, 1.82) is 0 Å². The number of rotatable bonds is 4. The summed E-state index contributed by atoms with van der Waals surface area (Å²) in [5.74, 6) is 0.238. The molecule has 1 aromatic carbocycles. The largest absolute Gasteiger partial charge is 0.485 e. The lowest BCUT2D eigenvalue weighted by Gasteiger charge is -2.07. The van der Waals surface area contributed by atoms with Crippen molar-refractivity contribution in [3.63, 3.8) is 0 Å². The van der Waals surface area contributed by atoms with Crippen LogP contribution in [0.15, 0.2) is 30.6 Å². The van der Waals surface area contributed by atoms with E-state index in [9.17, 15) is 4.39 Å². The Hall–Kier alpha value is -1.55. The highest BCUT2D eigenvalue weighted by Crippen LogP contribution is 2.21. The molecule has 5 heteroatoms. The van der Waals surface area contributed by atoms with Crippen molar-refractivity contribution in [1.82, 2.24) is 9.78 Å². The number of benzene rings is 1. The van der Waals surface area contributed by atoms with Crippen LogP contribution in [0.5, 0.6) is 5.75 Å². The predicted molar refractivity (Wildman–Crippen MR) is 68.4 cm³/mol. The molecule has 0 bridgehead atoms. The van der Waals surface area contributed by atoms with Gasteiger partial charge < -0.3 is 4.74 Å². The molecule has 0 aliphatic rings. The van der Waals surface area contributed by atoms with Crippen molar-refractivity contribution in [2.75, 3.05) is 0 Å². The topological polar surface area (TPSA) is 27.1 Å². The van der Waals surface area contributed by atoms with Gasteiger partial charge >= 0.3 is 0 Å². The Balaban J connectivity index is 2.07. The lowest BCUT2D eigenvalue weighted by molar-refractivity contribution is 0.299. The fraction of sp³-hybridized carbons (Fsp3) is 0.308. The monoisotopic (exact) mass is 268 g/mol. The number of ether oxygens (including phenoxy) is 1. The van der Waals surface area contributed by atoms with E-state index in [1.165, 1.54) is 6.07 Å². The number of aromatic nitrogens is 2. The van der Waals surface area contributed by atoms with Gasteiger partial charge in [-0.05, 0) is 26.0 Å². The van der Waals surface area contributed by atoms with Crippen molar-refractivity contribution in [3.8, 4) is 5.75 Å². The SMILES string of the molecule is CC(C)n1cc(OCc2c(F)cccc2Cl)cn1. The highest BCUT2D eigenvalue weighted by Gasteiger charge is 2.09. The molecule has 0 amide bonds. The number of halogens is 2. The summed E-state index contributed by atoms with van der Waals surface area (Å²) in [6.07, 6.45) is 3.38. The molecule has 1 heterocycles. The summed E-state index contributed by atoms with van der Waals surface area (Å²) < 4.78 is 20.8. The van der Waals surface area contributed by atoms with Crippen LogP contribution in [0.2, 0.25) is 5.02 Å². The predicted octanol–water partition coefficient (Wildman–Crippen LogP) is 3.84. The van der Waals surface area contributed by atoms with Crippen LogP contribution in [0, 0.1) is 5.82 Å². The molecule has 0 aliphatic heterocycles. The molecule has 96 valence electrons. The summed E-state index contributed by atoms with van der Waals surface area (Å²) in [5, 5.41) is 4.50. The molecule has 0 spiro atoms. The van der Waals surface area contributed by atoms with E-state index in [1.807, 2.05) is 13.8 Å². The normalized spacial score (nSPS) is 10.9. The molecule has 0 saturated heterocycles. The lowest BCUT2D eigenvalue weighted by Crippen LogP contribution is -2.01. The van der Waals surface area contributed by atoms with Gasteiger partial charge in [0.15, 0.2) is 5.75 Å². The third-order valence-electron chi connectivity index (χ3n) is 2.55. The molecule has 0 unspecified atom stereocenters. The van der Waals surface area contributed by atoms with Gasteiger partial charge in [-0.3, -0.25) is 4.68 Å². The first-order chi connectivity index (χ1) is 8.58. The summed E-state index contributed by atoms with van der Waals surface area (Å²) in [4.78, 5) is 0. The van der Waals surface area contributed by atoms with Gasteiger partial charge in [-0.1, -0.05) is 17.7 Å². The first kappa shape index (κ1) is 12.9. The fourth-order valence-electron chi connectivity index (χ4n) is 1.50. The molecular weight excluding hydrogens is 255 g/mol. The molecule has 1 aromatic heterocycles. The van der Waals surface area contributed by atoms with Crippen molar-refractivity contribution in [3.05, 3.63) is 47.0 Å². The van der Waals surface area contributed by atoms with Crippen LogP contribution in [0.25, 0.3) is 0 Å². The Bertz CT molecular complexity index is 519. The summed E-state index contributed by atoms with van der Waals surface area (Å²) in [6.45, 7) is 4.13. The van der Waals surface area contributed by atoms with E-state index < -0.39 is 0 Å². The minimum Gasteiger partial charge on any atom is -0.485 e. The minimum atomic E-state index is -0.362. The number of hydrogen-bond acceptors (Lipinski definition) is 2. The number of nitrogens with zero attached hydrogens (tertiary/aromatic N) is 2. The Morgan fingerprint density at radius 1 is 1.44 bits per heavy atom. The Morgan fingerprint density at radius 3 is 2.83 bits per heavy atom. The average molecular weight is 269 g/mol. The second kappa shape index (κ2) is 5.40. The van der Waals surface area contributed by atoms with Crippen LogP contribution in [0.3, 0.4) is 0 Å². The van der Waals surface area contributed by atoms with Gasteiger partial charge in [-0.15, -0.1) is 0 Å². The van der Waals surface area contributed by atoms with E-state index in [4.69, 9.17) is 16.3 Å². The second-order valence-electron chi connectivity index (χ2n) is 4.24. The molecule has 0 fully saturated rings. The van der Waals surface area contributed by atoms with E-state index in [2.05, 4.69) is 5.10 Å². The molecule has 18 heavy (non-hydrogen) atoms.